The number of ether oxygens (including phenoxy) is 1. The summed E-state index contributed by atoms with van der Waals surface area (Å²) in [7, 11) is 0. The Labute approximate surface area is 124 Å². The van der Waals surface area contributed by atoms with Crippen molar-refractivity contribution in [1.29, 1.82) is 5.26 Å². The maximum absolute atomic E-state index is 8.52. The molecular weight excluding hydrogens is 304 g/mol. The molecule has 1 rings (SSSR count). The number of nitriles is 1. The molecule has 4 heteroatoms. The van der Waals surface area contributed by atoms with Crippen LogP contribution in [0.5, 0.6) is 5.75 Å². The Kier molecular flexibility index (Phi) is 7.54. The zero-order chi connectivity index (χ0) is 14.1. The van der Waals surface area contributed by atoms with Crippen LogP contribution >= 0.6 is 15.9 Å². The summed E-state index contributed by atoms with van der Waals surface area (Å²) in [6, 6.07) is 8.49. The SMILES string of the molecule is CCCNC(C)c1ccc(Br)cc1OCCCC#N. The summed E-state index contributed by atoms with van der Waals surface area (Å²) in [4.78, 5) is 0. The quantitative estimate of drug-likeness (QED) is 0.729. The Balaban J connectivity index is 2.70. The maximum atomic E-state index is 8.52. The van der Waals surface area contributed by atoms with Gasteiger partial charge in [-0.2, -0.15) is 5.26 Å². The van der Waals surface area contributed by atoms with Gasteiger partial charge in [-0.1, -0.05) is 28.9 Å². The summed E-state index contributed by atoms with van der Waals surface area (Å²) >= 11 is 3.47. The second kappa shape index (κ2) is 8.95. The second-order valence-electron chi connectivity index (χ2n) is 4.47. The van der Waals surface area contributed by atoms with Crippen molar-refractivity contribution in [3.8, 4) is 11.8 Å². The van der Waals surface area contributed by atoms with Crippen LogP contribution in [-0.2, 0) is 0 Å². The van der Waals surface area contributed by atoms with Crippen molar-refractivity contribution in [1.82, 2.24) is 5.32 Å². The third-order valence-electron chi connectivity index (χ3n) is 2.83. The molecule has 0 amide bonds. The number of nitrogens with one attached hydrogen (secondary N) is 1. The van der Waals surface area contributed by atoms with Gasteiger partial charge in [0.2, 0.25) is 0 Å². The molecule has 0 aliphatic rings. The Bertz CT molecular complexity index is 429. The Hall–Kier alpha value is -1.05. The molecule has 1 unspecified atom stereocenters. The van der Waals surface area contributed by atoms with E-state index < -0.39 is 0 Å². The van der Waals surface area contributed by atoms with E-state index in [0.717, 1.165) is 35.2 Å². The molecule has 19 heavy (non-hydrogen) atoms. The molecule has 1 aromatic rings. The molecule has 104 valence electrons. The van der Waals surface area contributed by atoms with E-state index in [1.165, 1.54) is 0 Å². The molecule has 0 fully saturated rings. The normalized spacial score (nSPS) is 11.9. The molecule has 0 aliphatic carbocycles. The van der Waals surface area contributed by atoms with Crippen molar-refractivity contribution in [3.63, 3.8) is 0 Å². The number of halogens is 1. The van der Waals surface area contributed by atoms with Gasteiger partial charge in [-0.3, -0.25) is 0 Å². The number of unbranched alkanes of at least 4 members (excludes halogenated alkanes) is 1. The van der Waals surface area contributed by atoms with Gasteiger partial charge in [-0.05, 0) is 38.4 Å². The Morgan fingerprint density at radius 1 is 1.47 bits per heavy atom. The summed E-state index contributed by atoms with van der Waals surface area (Å²) < 4.78 is 6.81. The monoisotopic (exact) mass is 324 g/mol. The predicted octanol–water partition coefficient (Wildman–Crippen LogP) is 4.19. The first-order valence-electron chi connectivity index (χ1n) is 6.71. The molecular formula is C15H21BrN2O. The van der Waals surface area contributed by atoms with Crippen molar-refractivity contribution in [3.05, 3.63) is 28.2 Å². The fourth-order valence-electron chi connectivity index (χ4n) is 1.80. The fourth-order valence-corrected chi connectivity index (χ4v) is 2.14. The molecule has 1 N–H and O–H groups in total. The number of nitrogens with zero attached hydrogens (tertiary/aromatic N) is 1. The van der Waals surface area contributed by atoms with Crippen molar-refractivity contribution in [2.45, 2.75) is 39.2 Å². The molecule has 1 atom stereocenters. The van der Waals surface area contributed by atoms with E-state index in [4.69, 9.17) is 10.00 Å². The van der Waals surface area contributed by atoms with Gasteiger partial charge < -0.3 is 10.1 Å². The van der Waals surface area contributed by atoms with Crippen molar-refractivity contribution < 1.29 is 4.74 Å². The second-order valence-corrected chi connectivity index (χ2v) is 5.38. The van der Waals surface area contributed by atoms with Gasteiger partial charge >= 0.3 is 0 Å². The van der Waals surface area contributed by atoms with Crippen molar-refractivity contribution >= 4 is 15.9 Å². The van der Waals surface area contributed by atoms with Crippen LogP contribution < -0.4 is 10.1 Å². The van der Waals surface area contributed by atoms with Crippen LogP contribution in [0.15, 0.2) is 22.7 Å². The molecule has 0 radical (unpaired) electrons. The molecule has 0 spiro atoms. The summed E-state index contributed by atoms with van der Waals surface area (Å²) in [5.74, 6) is 0.892. The van der Waals surface area contributed by atoms with E-state index in [2.05, 4.69) is 47.2 Å². The maximum Gasteiger partial charge on any atom is 0.125 e. The Morgan fingerprint density at radius 3 is 2.95 bits per heavy atom. The van der Waals surface area contributed by atoms with Gasteiger partial charge in [0, 0.05) is 22.5 Å². The average molecular weight is 325 g/mol. The van der Waals surface area contributed by atoms with Crippen molar-refractivity contribution in [2.75, 3.05) is 13.2 Å². The lowest BCUT2D eigenvalue weighted by atomic mass is 10.1. The highest BCUT2D eigenvalue weighted by atomic mass is 79.9. The number of hydrogen-bond donors (Lipinski definition) is 1. The lowest BCUT2D eigenvalue weighted by molar-refractivity contribution is 0.306. The van der Waals surface area contributed by atoms with E-state index in [1.807, 2.05) is 12.1 Å². The topological polar surface area (TPSA) is 45.0 Å². The third kappa shape index (κ3) is 5.63. The molecule has 0 saturated heterocycles. The Morgan fingerprint density at radius 2 is 2.26 bits per heavy atom. The summed E-state index contributed by atoms with van der Waals surface area (Å²) in [6.45, 7) is 5.87. The molecule has 0 aliphatic heterocycles. The van der Waals surface area contributed by atoms with Gasteiger partial charge in [0.15, 0.2) is 0 Å². The van der Waals surface area contributed by atoms with Crippen LogP contribution in [0.2, 0.25) is 0 Å². The predicted molar refractivity (Wildman–Crippen MR) is 81.2 cm³/mol. The van der Waals surface area contributed by atoms with Gasteiger partial charge in [0.25, 0.3) is 0 Å². The molecule has 3 nitrogen and oxygen atoms in total. The van der Waals surface area contributed by atoms with E-state index in [1.54, 1.807) is 0 Å². The average Bonchev–Trinajstić information content (AvgIpc) is 2.41. The zero-order valence-corrected chi connectivity index (χ0v) is 13.2. The number of rotatable bonds is 8. The zero-order valence-electron chi connectivity index (χ0n) is 11.6. The van der Waals surface area contributed by atoms with Crippen LogP contribution in [0.4, 0.5) is 0 Å². The van der Waals surface area contributed by atoms with Crippen molar-refractivity contribution in [2.24, 2.45) is 0 Å². The minimum absolute atomic E-state index is 0.263. The van der Waals surface area contributed by atoms with Crippen LogP contribution in [0.1, 0.15) is 44.7 Å². The first-order chi connectivity index (χ1) is 9.19. The van der Waals surface area contributed by atoms with Crippen LogP contribution in [0.25, 0.3) is 0 Å². The van der Waals surface area contributed by atoms with E-state index in [0.29, 0.717) is 13.0 Å². The fraction of sp³-hybridized carbons (Fsp3) is 0.533. The van der Waals surface area contributed by atoms with Gasteiger partial charge in [0.1, 0.15) is 5.75 Å². The highest BCUT2D eigenvalue weighted by molar-refractivity contribution is 9.10. The van der Waals surface area contributed by atoms with Crippen LogP contribution in [0, 0.1) is 11.3 Å². The lowest BCUT2D eigenvalue weighted by Crippen LogP contribution is -2.20. The largest absolute Gasteiger partial charge is 0.493 e. The highest BCUT2D eigenvalue weighted by Crippen LogP contribution is 2.28. The third-order valence-corrected chi connectivity index (χ3v) is 3.33. The first kappa shape index (κ1) is 16.0. The van der Waals surface area contributed by atoms with Gasteiger partial charge in [-0.25, -0.2) is 0 Å². The van der Waals surface area contributed by atoms with E-state index in [9.17, 15) is 0 Å². The van der Waals surface area contributed by atoms with Crippen LogP contribution in [-0.4, -0.2) is 13.2 Å². The summed E-state index contributed by atoms with van der Waals surface area (Å²) in [6.07, 6.45) is 2.41. The molecule has 0 aromatic heterocycles. The number of hydrogen-bond acceptors (Lipinski definition) is 3. The standard InChI is InChI=1S/C15H21BrN2O/c1-3-9-18-12(2)14-7-6-13(16)11-15(14)19-10-5-4-8-17/h6-7,11-12,18H,3-5,9-10H2,1-2H3. The highest BCUT2D eigenvalue weighted by Gasteiger charge is 2.11. The minimum Gasteiger partial charge on any atom is -0.493 e. The van der Waals surface area contributed by atoms with Gasteiger partial charge in [-0.15, -0.1) is 0 Å². The van der Waals surface area contributed by atoms with E-state index >= 15 is 0 Å². The number of benzene rings is 1. The lowest BCUT2D eigenvalue weighted by Gasteiger charge is -2.18. The molecule has 0 saturated carbocycles. The minimum atomic E-state index is 0.263. The molecule has 0 heterocycles. The summed E-state index contributed by atoms with van der Waals surface area (Å²) in [5, 5.41) is 12.0. The molecule has 1 aromatic carbocycles. The first-order valence-corrected chi connectivity index (χ1v) is 7.51. The summed E-state index contributed by atoms with van der Waals surface area (Å²) in [5.41, 5.74) is 1.16. The smallest absolute Gasteiger partial charge is 0.125 e. The van der Waals surface area contributed by atoms with E-state index in [-0.39, 0.29) is 6.04 Å². The van der Waals surface area contributed by atoms with Gasteiger partial charge in [0.05, 0.1) is 12.7 Å². The molecule has 0 bridgehead atoms. The van der Waals surface area contributed by atoms with Crippen LogP contribution in [0.3, 0.4) is 0 Å².